The lowest BCUT2D eigenvalue weighted by Crippen LogP contribution is -2.70. The van der Waals surface area contributed by atoms with Gasteiger partial charge in [-0.3, -0.25) is 14.4 Å². The van der Waals surface area contributed by atoms with Gasteiger partial charge in [-0.2, -0.15) is 0 Å². The molecule has 8 heteroatoms. The number of fused-ring (bicyclic) bond motifs is 5. The van der Waals surface area contributed by atoms with Crippen LogP contribution >= 0.6 is 0 Å². The molecule has 0 heterocycles. The Balaban J connectivity index is 1.76. The highest BCUT2D eigenvalue weighted by atomic mass is 19.1. The Morgan fingerprint density at radius 3 is 2.58 bits per heavy atom. The molecule has 0 spiro atoms. The largest absolute Gasteiger partial charge is 0.458 e. The average molecular weight is 467 g/mol. The third kappa shape index (κ3) is 3.35. The number of methoxy groups -OCH3 is 1. The topological polar surface area (TPSA) is 99.1 Å². The standard InChI is InChI=1S/C25H35FO7/c1-15(27)32-13-20(29)24(30)10-8-18-19-6-5-16-11-17(28)7-9-22(16,2)25(19,26)21(33-14-31-4)12-23(18,24)3/h11,18-19,21,30H,5-10,12-14H2,1-4H3/t18-,19-,21?,22-,23-,24-,25-/m0/s1. The van der Waals surface area contributed by atoms with Crippen LogP contribution in [-0.4, -0.2) is 60.5 Å². The van der Waals surface area contributed by atoms with Crippen molar-refractivity contribution in [2.45, 2.75) is 83.1 Å². The van der Waals surface area contributed by atoms with Crippen LogP contribution in [0.2, 0.25) is 0 Å². The van der Waals surface area contributed by atoms with Crippen molar-refractivity contribution in [3.05, 3.63) is 11.6 Å². The molecule has 4 aliphatic rings. The van der Waals surface area contributed by atoms with Gasteiger partial charge in [-0.1, -0.05) is 19.4 Å². The highest BCUT2D eigenvalue weighted by Gasteiger charge is 2.74. The van der Waals surface area contributed by atoms with E-state index in [4.69, 9.17) is 14.2 Å². The lowest BCUT2D eigenvalue weighted by Gasteiger charge is -2.64. The zero-order valence-corrected chi connectivity index (χ0v) is 19.9. The van der Waals surface area contributed by atoms with Crippen molar-refractivity contribution in [2.24, 2.45) is 22.7 Å². The molecule has 0 aromatic carbocycles. The molecule has 184 valence electrons. The molecule has 1 N–H and O–H groups in total. The summed E-state index contributed by atoms with van der Waals surface area (Å²) in [7, 11) is 1.47. The normalized spacial score (nSPS) is 44.4. The van der Waals surface area contributed by atoms with Crippen molar-refractivity contribution in [3.8, 4) is 0 Å². The SMILES string of the molecule is COCOC1C[C@@]2(C)[C@@H](CC[C@]2(O)C(=O)COC(C)=O)[C@@H]2CCC3=CC(=O)CC[C@]3(C)[C@@]12F. The van der Waals surface area contributed by atoms with Crippen LogP contribution in [0.5, 0.6) is 0 Å². The molecule has 0 amide bonds. The van der Waals surface area contributed by atoms with Crippen LogP contribution < -0.4 is 0 Å². The number of hydrogen-bond acceptors (Lipinski definition) is 7. The fraction of sp³-hybridized carbons (Fsp3) is 0.800. The predicted molar refractivity (Wildman–Crippen MR) is 116 cm³/mol. The van der Waals surface area contributed by atoms with Gasteiger partial charge in [0.1, 0.15) is 18.1 Å². The Morgan fingerprint density at radius 2 is 1.91 bits per heavy atom. The number of ether oxygens (including phenoxy) is 3. The number of carbonyl (C=O) groups is 3. The first-order valence-corrected chi connectivity index (χ1v) is 11.9. The summed E-state index contributed by atoms with van der Waals surface area (Å²) < 4.78 is 33.6. The molecule has 1 unspecified atom stereocenters. The van der Waals surface area contributed by atoms with Crippen LogP contribution in [0, 0.1) is 22.7 Å². The smallest absolute Gasteiger partial charge is 0.303 e. The Bertz CT molecular complexity index is 886. The molecule has 33 heavy (non-hydrogen) atoms. The molecule has 3 fully saturated rings. The second-order valence-electron chi connectivity index (χ2n) is 10.8. The van der Waals surface area contributed by atoms with Gasteiger partial charge in [-0.15, -0.1) is 0 Å². The van der Waals surface area contributed by atoms with Gasteiger partial charge in [0.25, 0.3) is 0 Å². The maximum atomic E-state index is 17.6. The summed E-state index contributed by atoms with van der Waals surface area (Å²) in [6.07, 6.45) is 3.36. The second kappa shape index (κ2) is 8.24. The molecule has 7 atom stereocenters. The van der Waals surface area contributed by atoms with E-state index < -0.39 is 52.5 Å². The minimum atomic E-state index is -1.76. The maximum absolute atomic E-state index is 17.6. The number of aliphatic hydroxyl groups is 1. The number of rotatable bonds is 6. The number of esters is 1. The van der Waals surface area contributed by atoms with Gasteiger partial charge in [0.2, 0.25) is 5.78 Å². The summed E-state index contributed by atoms with van der Waals surface area (Å²) in [5.74, 6) is -1.79. The first kappa shape index (κ1) is 24.5. The van der Waals surface area contributed by atoms with Gasteiger partial charge in [0.15, 0.2) is 12.4 Å². The second-order valence-corrected chi connectivity index (χ2v) is 10.8. The van der Waals surface area contributed by atoms with Gasteiger partial charge < -0.3 is 19.3 Å². The van der Waals surface area contributed by atoms with E-state index in [1.165, 1.54) is 14.0 Å². The summed E-state index contributed by atoms with van der Waals surface area (Å²) in [5.41, 5.74) is -4.45. The molecular formula is C25H35FO7. The van der Waals surface area contributed by atoms with E-state index in [2.05, 4.69) is 0 Å². The minimum Gasteiger partial charge on any atom is -0.458 e. The zero-order valence-electron chi connectivity index (χ0n) is 19.9. The molecule has 4 aliphatic carbocycles. The molecule has 0 saturated heterocycles. The Morgan fingerprint density at radius 1 is 1.18 bits per heavy atom. The Labute approximate surface area is 194 Å². The number of allylic oxidation sites excluding steroid dienone is 1. The number of carbonyl (C=O) groups excluding carboxylic acids is 3. The number of alkyl halides is 1. The summed E-state index contributed by atoms with van der Waals surface area (Å²) in [6.45, 7) is 4.34. The van der Waals surface area contributed by atoms with Crippen LogP contribution in [0.1, 0.15) is 65.7 Å². The van der Waals surface area contributed by atoms with E-state index in [9.17, 15) is 19.5 Å². The molecular weight excluding hydrogens is 431 g/mol. The van der Waals surface area contributed by atoms with E-state index in [-0.39, 0.29) is 31.3 Å². The van der Waals surface area contributed by atoms with Crippen molar-refractivity contribution < 1.29 is 38.1 Å². The summed E-state index contributed by atoms with van der Waals surface area (Å²) >= 11 is 0. The molecule has 0 aromatic rings. The van der Waals surface area contributed by atoms with Gasteiger partial charge in [-0.05, 0) is 50.5 Å². The van der Waals surface area contributed by atoms with Crippen molar-refractivity contribution >= 4 is 17.5 Å². The van der Waals surface area contributed by atoms with Gasteiger partial charge in [0.05, 0.1) is 6.10 Å². The first-order valence-electron chi connectivity index (χ1n) is 11.9. The average Bonchev–Trinajstić information content (AvgIpc) is 3.03. The van der Waals surface area contributed by atoms with Crippen molar-refractivity contribution in [2.75, 3.05) is 20.5 Å². The number of Topliss-reactive ketones (excluding diaryl/α,β-unsaturated/α-hetero) is 1. The molecule has 0 aromatic heterocycles. The van der Waals surface area contributed by atoms with Gasteiger partial charge in [-0.25, -0.2) is 4.39 Å². The number of ketones is 2. The van der Waals surface area contributed by atoms with Crippen molar-refractivity contribution in [1.29, 1.82) is 0 Å². The molecule has 0 bridgehead atoms. The van der Waals surface area contributed by atoms with Crippen LogP contribution in [0.3, 0.4) is 0 Å². The maximum Gasteiger partial charge on any atom is 0.303 e. The third-order valence-corrected chi connectivity index (χ3v) is 9.42. The van der Waals surface area contributed by atoms with E-state index >= 15 is 4.39 Å². The summed E-state index contributed by atoms with van der Waals surface area (Å²) in [4.78, 5) is 36.5. The third-order valence-electron chi connectivity index (χ3n) is 9.42. The van der Waals surface area contributed by atoms with Crippen LogP contribution in [0.4, 0.5) is 4.39 Å². The van der Waals surface area contributed by atoms with Gasteiger partial charge in [0, 0.05) is 37.2 Å². The molecule has 4 rings (SSSR count). The van der Waals surface area contributed by atoms with E-state index in [0.717, 1.165) is 5.57 Å². The zero-order chi connectivity index (χ0) is 24.2. The first-order chi connectivity index (χ1) is 15.4. The number of hydrogen-bond donors (Lipinski definition) is 1. The molecule has 3 saturated carbocycles. The lowest BCUT2D eigenvalue weighted by molar-refractivity contribution is -0.253. The van der Waals surface area contributed by atoms with Crippen molar-refractivity contribution in [1.82, 2.24) is 0 Å². The quantitative estimate of drug-likeness (QED) is 0.474. The Kier molecular flexibility index (Phi) is 6.11. The van der Waals surface area contributed by atoms with Crippen LogP contribution in [-0.2, 0) is 28.6 Å². The van der Waals surface area contributed by atoms with Crippen molar-refractivity contribution in [3.63, 3.8) is 0 Å². The molecule has 0 aliphatic heterocycles. The summed E-state index contributed by atoms with van der Waals surface area (Å²) in [5, 5.41) is 11.7. The summed E-state index contributed by atoms with van der Waals surface area (Å²) in [6, 6.07) is 0. The van der Waals surface area contributed by atoms with E-state index in [0.29, 0.717) is 32.1 Å². The molecule has 7 nitrogen and oxygen atoms in total. The number of halogens is 1. The fourth-order valence-corrected chi connectivity index (χ4v) is 7.61. The molecule has 0 radical (unpaired) electrons. The predicted octanol–water partition coefficient (Wildman–Crippen LogP) is 3.07. The highest BCUT2D eigenvalue weighted by Crippen LogP contribution is 2.70. The highest BCUT2D eigenvalue weighted by molar-refractivity contribution is 5.92. The Hall–Kier alpha value is -1.64. The lowest BCUT2D eigenvalue weighted by atomic mass is 9.43. The fourth-order valence-electron chi connectivity index (χ4n) is 7.61. The van der Waals surface area contributed by atoms with Gasteiger partial charge >= 0.3 is 5.97 Å². The minimum absolute atomic E-state index is 0.0332. The van der Waals surface area contributed by atoms with Crippen LogP contribution in [0.25, 0.3) is 0 Å². The van der Waals surface area contributed by atoms with E-state index in [1.54, 1.807) is 6.08 Å². The van der Waals surface area contributed by atoms with Crippen LogP contribution in [0.15, 0.2) is 11.6 Å². The van der Waals surface area contributed by atoms with E-state index in [1.807, 2.05) is 13.8 Å². The monoisotopic (exact) mass is 466 g/mol.